The first-order chi connectivity index (χ1) is 10.1. The molecule has 0 fully saturated rings. The van der Waals surface area contributed by atoms with Crippen molar-refractivity contribution in [3.8, 4) is 0 Å². The molecule has 5 nitrogen and oxygen atoms in total. The summed E-state index contributed by atoms with van der Waals surface area (Å²) in [4.78, 5) is 22.9. The van der Waals surface area contributed by atoms with Crippen molar-refractivity contribution >= 4 is 23.0 Å². The maximum atomic E-state index is 11.6. The molecule has 110 valence electrons. The smallest absolute Gasteiger partial charge is 0.306 e. The zero-order valence-corrected chi connectivity index (χ0v) is 12.2. The first-order valence-electron chi connectivity index (χ1n) is 6.56. The molecule has 21 heavy (non-hydrogen) atoms. The number of nitro groups is 1. The zero-order valence-electron chi connectivity index (χ0n) is 11.4. The van der Waals surface area contributed by atoms with E-state index in [4.69, 9.17) is 4.74 Å². The highest BCUT2D eigenvalue weighted by molar-refractivity contribution is 7.09. The van der Waals surface area contributed by atoms with Gasteiger partial charge in [0.05, 0.1) is 4.92 Å². The number of benzene rings is 1. The van der Waals surface area contributed by atoms with E-state index in [0.29, 0.717) is 6.42 Å². The van der Waals surface area contributed by atoms with Crippen molar-refractivity contribution in [1.82, 2.24) is 0 Å². The van der Waals surface area contributed by atoms with Crippen LogP contribution in [0, 0.1) is 10.1 Å². The molecule has 0 N–H and O–H groups in total. The molecule has 0 aliphatic rings. The van der Waals surface area contributed by atoms with Crippen molar-refractivity contribution in [1.29, 1.82) is 0 Å². The number of hydrogen-bond donors (Lipinski definition) is 0. The Balaban J connectivity index is 1.69. The molecule has 0 bridgehead atoms. The predicted octanol–water partition coefficient (Wildman–Crippen LogP) is 3.72. The van der Waals surface area contributed by atoms with E-state index in [0.717, 1.165) is 18.4 Å². The van der Waals surface area contributed by atoms with E-state index < -0.39 is 4.92 Å². The quantitative estimate of drug-likeness (QED) is 0.444. The van der Waals surface area contributed by atoms with Crippen molar-refractivity contribution in [3.63, 3.8) is 0 Å². The third-order valence-electron chi connectivity index (χ3n) is 2.93. The van der Waals surface area contributed by atoms with Crippen LogP contribution in [0.1, 0.15) is 23.3 Å². The molecule has 0 radical (unpaired) electrons. The van der Waals surface area contributed by atoms with Gasteiger partial charge >= 0.3 is 5.97 Å². The molecule has 0 saturated carbocycles. The Kier molecular flexibility index (Phi) is 5.45. The second kappa shape index (κ2) is 7.54. The van der Waals surface area contributed by atoms with Gasteiger partial charge in [-0.2, -0.15) is 0 Å². The van der Waals surface area contributed by atoms with E-state index in [1.165, 1.54) is 17.0 Å². The minimum absolute atomic E-state index is 0.0287. The van der Waals surface area contributed by atoms with Gasteiger partial charge in [0.15, 0.2) is 0 Å². The number of rotatable bonds is 7. The molecule has 1 aromatic carbocycles. The fraction of sp³-hybridized carbons (Fsp3) is 0.267. The van der Waals surface area contributed by atoms with Gasteiger partial charge in [-0.05, 0) is 42.0 Å². The van der Waals surface area contributed by atoms with Crippen LogP contribution in [0.4, 0.5) is 5.69 Å². The lowest BCUT2D eigenvalue weighted by Crippen LogP contribution is -2.04. The molecule has 0 unspecified atom stereocenters. The summed E-state index contributed by atoms with van der Waals surface area (Å²) in [5.74, 6) is -0.245. The summed E-state index contributed by atoms with van der Waals surface area (Å²) in [6.45, 7) is 0.149. The second-order valence-corrected chi connectivity index (χ2v) is 5.55. The minimum atomic E-state index is -0.458. The van der Waals surface area contributed by atoms with Crippen LogP contribution in [0.3, 0.4) is 0 Å². The number of thiophene rings is 1. The summed E-state index contributed by atoms with van der Waals surface area (Å²) in [5.41, 5.74) is 0.772. The molecule has 0 spiro atoms. The number of nitrogens with zero attached hydrogens (tertiary/aromatic N) is 1. The van der Waals surface area contributed by atoms with Gasteiger partial charge in [-0.3, -0.25) is 14.9 Å². The van der Waals surface area contributed by atoms with E-state index in [9.17, 15) is 14.9 Å². The minimum Gasteiger partial charge on any atom is -0.461 e. The SMILES string of the molecule is O=C(CCCc1cccs1)OCc1ccc([N+](=O)[O-])cc1. The molecular formula is C15H15NO4S. The summed E-state index contributed by atoms with van der Waals surface area (Å²) in [5, 5.41) is 12.5. The third-order valence-corrected chi connectivity index (χ3v) is 3.87. The van der Waals surface area contributed by atoms with Gasteiger partial charge in [0.2, 0.25) is 0 Å². The van der Waals surface area contributed by atoms with Gasteiger partial charge in [-0.1, -0.05) is 6.07 Å². The first kappa shape index (κ1) is 15.2. The highest BCUT2D eigenvalue weighted by atomic mass is 32.1. The highest BCUT2D eigenvalue weighted by Crippen LogP contribution is 2.14. The number of esters is 1. The number of aryl methyl sites for hydroxylation is 1. The maximum Gasteiger partial charge on any atom is 0.306 e. The van der Waals surface area contributed by atoms with E-state index in [2.05, 4.69) is 0 Å². The van der Waals surface area contributed by atoms with E-state index in [1.807, 2.05) is 17.5 Å². The maximum absolute atomic E-state index is 11.6. The van der Waals surface area contributed by atoms with Gasteiger partial charge in [-0.15, -0.1) is 11.3 Å². The van der Waals surface area contributed by atoms with E-state index >= 15 is 0 Å². The monoisotopic (exact) mass is 305 g/mol. The lowest BCUT2D eigenvalue weighted by molar-refractivity contribution is -0.384. The Bertz CT molecular complexity index is 593. The molecule has 2 aromatic rings. The standard InChI is InChI=1S/C15H15NO4S/c17-15(5-1-3-14-4-2-10-21-14)20-11-12-6-8-13(9-7-12)16(18)19/h2,4,6-10H,1,3,5,11H2. The Hall–Kier alpha value is -2.21. The number of nitro benzene ring substituents is 1. The summed E-state index contributed by atoms with van der Waals surface area (Å²) < 4.78 is 5.14. The molecule has 0 amide bonds. The van der Waals surface area contributed by atoms with Crippen molar-refractivity contribution in [2.75, 3.05) is 0 Å². The van der Waals surface area contributed by atoms with Crippen LogP contribution in [-0.2, 0) is 22.6 Å². The van der Waals surface area contributed by atoms with Crippen LogP contribution < -0.4 is 0 Å². The summed E-state index contributed by atoms with van der Waals surface area (Å²) in [7, 11) is 0. The molecular weight excluding hydrogens is 290 g/mol. The largest absolute Gasteiger partial charge is 0.461 e. The zero-order chi connectivity index (χ0) is 15.1. The lowest BCUT2D eigenvalue weighted by atomic mass is 10.2. The summed E-state index contributed by atoms with van der Waals surface area (Å²) in [6, 6.07) is 10.0. The van der Waals surface area contributed by atoms with Gasteiger partial charge in [0.1, 0.15) is 6.61 Å². The Labute approximate surface area is 126 Å². The van der Waals surface area contributed by atoms with E-state index in [-0.39, 0.29) is 18.3 Å². The number of carbonyl (C=O) groups is 1. The summed E-state index contributed by atoms with van der Waals surface area (Å²) in [6.07, 6.45) is 2.02. The van der Waals surface area contributed by atoms with Crippen LogP contribution in [0.15, 0.2) is 41.8 Å². The van der Waals surface area contributed by atoms with Crippen LogP contribution in [0.2, 0.25) is 0 Å². The van der Waals surface area contributed by atoms with Crippen molar-refractivity contribution in [2.45, 2.75) is 25.9 Å². The van der Waals surface area contributed by atoms with Crippen LogP contribution >= 0.6 is 11.3 Å². The van der Waals surface area contributed by atoms with Crippen LogP contribution in [0.25, 0.3) is 0 Å². The lowest BCUT2D eigenvalue weighted by Gasteiger charge is -2.04. The predicted molar refractivity (Wildman–Crippen MR) is 80.1 cm³/mol. The Morgan fingerprint density at radius 3 is 2.62 bits per heavy atom. The Morgan fingerprint density at radius 1 is 1.24 bits per heavy atom. The molecule has 1 heterocycles. The van der Waals surface area contributed by atoms with Gasteiger partial charge in [-0.25, -0.2) is 0 Å². The molecule has 0 aliphatic heterocycles. The Morgan fingerprint density at radius 2 is 2.00 bits per heavy atom. The first-order valence-corrected chi connectivity index (χ1v) is 7.44. The highest BCUT2D eigenvalue weighted by Gasteiger charge is 2.07. The van der Waals surface area contributed by atoms with Crippen LogP contribution in [0.5, 0.6) is 0 Å². The number of non-ortho nitro benzene ring substituents is 1. The number of hydrogen-bond acceptors (Lipinski definition) is 5. The molecule has 2 rings (SSSR count). The molecule has 1 aromatic heterocycles. The van der Waals surface area contributed by atoms with Crippen LogP contribution in [-0.4, -0.2) is 10.9 Å². The van der Waals surface area contributed by atoms with Crippen molar-refractivity contribution < 1.29 is 14.5 Å². The van der Waals surface area contributed by atoms with Crippen molar-refractivity contribution in [2.24, 2.45) is 0 Å². The van der Waals surface area contributed by atoms with Gasteiger partial charge < -0.3 is 4.74 Å². The average molecular weight is 305 g/mol. The van der Waals surface area contributed by atoms with Gasteiger partial charge in [0.25, 0.3) is 5.69 Å². The second-order valence-electron chi connectivity index (χ2n) is 4.52. The molecule has 0 aliphatic carbocycles. The molecule has 0 saturated heterocycles. The normalized spacial score (nSPS) is 10.3. The molecule has 6 heteroatoms. The van der Waals surface area contributed by atoms with Gasteiger partial charge in [0, 0.05) is 23.4 Å². The fourth-order valence-corrected chi connectivity index (χ4v) is 2.56. The molecule has 0 atom stereocenters. The average Bonchev–Trinajstić information content (AvgIpc) is 2.99. The third kappa shape index (κ3) is 5.00. The van der Waals surface area contributed by atoms with E-state index in [1.54, 1.807) is 23.5 Å². The fourth-order valence-electron chi connectivity index (χ4n) is 1.81. The topological polar surface area (TPSA) is 69.4 Å². The number of carbonyl (C=O) groups excluding carboxylic acids is 1. The van der Waals surface area contributed by atoms with Crippen molar-refractivity contribution in [3.05, 3.63) is 62.3 Å². The summed E-state index contributed by atoms with van der Waals surface area (Å²) >= 11 is 1.68. The number of ether oxygens (including phenoxy) is 1.